The number of allylic oxidation sites excluding steroid dienone is 1. The maximum atomic E-state index is 12.2. The molecular formula is C17H19NO. The molecule has 0 heterocycles. The summed E-state index contributed by atoms with van der Waals surface area (Å²) in [6, 6.07) is 12.1. The molecule has 1 aromatic rings. The molecule has 2 nitrogen and oxygen atoms in total. The lowest BCUT2D eigenvalue weighted by Crippen LogP contribution is -2.48. The van der Waals surface area contributed by atoms with Crippen LogP contribution >= 0.6 is 0 Å². The van der Waals surface area contributed by atoms with Crippen molar-refractivity contribution in [1.82, 2.24) is 0 Å². The number of nitriles is 1. The number of rotatable bonds is 4. The highest BCUT2D eigenvalue weighted by molar-refractivity contribution is 5.96. The molecule has 1 saturated carbocycles. The van der Waals surface area contributed by atoms with E-state index < -0.39 is 0 Å². The van der Waals surface area contributed by atoms with Gasteiger partial charge in [0.25, 0.3) is 0 Å². The molecule has 0 unspecified atom stereocenters. The third kappa shape index (κ3) is 2.76. The van der Waals surface area contributed by atoms with E-state index in [4.69, 9.17) is 5.26 Å². The summed E-state index contributed by atoms with van der Waals surface area (Å²) in [6.45, 7) is 4.19. The van der Waals surface area contributed by atoms with Gasteiger partial charge in [-0.25, -0.2) is 0 Å². The lowest BCUT2D eigenvalue weighted by molar-refractivity contribution is -0.132. The molecule has 1 aliphatic rings. The Kier molecular flexibility index (Phi) is 3.85. The first-order chi connectivity index (χ1) is 9.05. The standard InChI is InChI=1S/C17H19NO/c1-17(2)14(10-11-18)12-15(17)16(19)9-8-13-6-4-3-5-7-13/h3-9,14-15H,10,12H2,1-2H3/b9-8+/t14-,15+/m1/s1. The Labute approximate surface area is 114 Å². The molecule has 98 valence electrons. The van der Waals surface area contributed by atoms with Crippen LogP contribution in [-0.2, 0) is 4.79 Å². The van der Waals surface area contributed by atoms with E-state index in [0.29, 0.717) is 12.3 Å². The monoisotopic (exact) mass is 253 g/mol. The largest absolute Gasteiger partial charge is 0.295 e. The quantitative estimate of drug-likeness (QED) is 0.765. The first-order valence-electron chi connectivity index (χ1n) is 6.69. The van der Waals surface area contributed by atoms with Crippen molar-refractivity contribution in [1.29, 1.82) is 5.26 Å². The van der Waals surface area contributed by atoms with Crippen LogP contribution in [0.4, 0.5) is 0 Å². The molecule has 0 N–H and O–H groups in total. The lowest BCUT2D eigenvalue weighted by Gasteiger charge is -2.50. The maximum Gasteiger partial charge on any atom is 0.159 e. The number of carbonyl (C=O) groups is 1. The SMILES string of the molecule is CC1(C)[C@H](CC#N)C[C@H]1C(=O)/C=C/c1ccccc1. The minimum Gasteiger partial charge on any atom is -0.295 e. The van der Waals surface area contributed by atoms with Crippen molar-refractivity contribution in [3.8, 4) is 6.07 Å². The Balaban J connectivity index is 1.99. The molecule has 0 aromatic heterocycles. The van der Waals surface area contributed by atoms with Crippen LogP contribution in [0.3, 0.4) is 0 Å². The molecule has 0 aliphatic heterocycles. The number of benzene rings is 1. The van der Waals surface area contributed by atoms with Gasteiger partial charge in [-0.15, -0.1) is 0 Å². The summed E-state index contributed by atoms with van der Waals surface area (Å²) in [4.78, 5) is 12.2. The van der Waals surface area contributed by atoms with E-state index in [-0.39, 0.29) is 17.1 Å². The van der Waals surface area contributed by atoms with Gasteiger partial charge < -0.3 is 0 Å². The van der Waals surface area contributed by atoms with Gasteiger partial charge in [0.05, 0.1) is 6.07 Å². The van der Waals surface area contributed by atoms with Crippen LogP contribution in [0.5, 0.6) is 0 Å². The summed E-state index contributed by atoms with van der Waals surface area (Å²) in [7, 11) is 0. The first kappa shape index (κ1) is 13.5. The van der Waals surface area contributed by atoms with E-state index in [1.165, 1.54) is 0 Å². The predicted molar refractivity (Wildman–Crippen MR) is 76.1 cm³/mol. The van der Waals surface area contributed by atoms with Gasteiger partial charge in [-0.05, 0) is 29.4 Å². The summed E-state index contributed by atoms with van der Waals surface area (Å²) in [6.07, 6.45) is 4.96. The first-order valence-corrected chi connectivity index (χ1v) is 6.69. The number of hydrogen-bond acceptors (Lipinski definition) is 2. The van der Waals surface area contributed by atoms with Crippen LogP contribution in [0, 0.1) is 28.6 Å². The van der Waals surface area contributed by atoms with Crippen LogP contribution in [0.25, 0.3) is 6.08 Å². The van der Waals surface area contributed by atoms with Gasteiger partial charge >= 0.3 is 0 Å². The summed E-state index contributed by atoms with van der Waals surface area (Å²) >= 11 is 0. The second-order valence-electron chi connectivity index (χ2n) is 5.82. The fourth-order valence-electron chi connectivity index (χ4n) is 2.81. The molecule has 0 radical (unpaired) electrons. The summed E-state index contributed by atoms with van der Waals surface area (Å²) in [5.41, 5.74) is 0.995. The van der Waals surface area contributed by atoms with Crippen LogP contribution in [0.2, 0.25) is 0 Å². The third-order valence-corrected chi connectivity index (χ3v) is 4.39. The molecule has 0 amide bonds. The van der Waals surface area contributed by atoms with Gasteiger partial charge in [-0.1, -0.05) is 50.3 Å². The van der Waals surface area contributed by atoms with Crippen molar-refractivity contribution < 1.29 is 4.79 Å². The molecule has 0 saturated heterocycles. The van der Waals surface area contributed by atoms with Crippen LogP contribution in [0.15, 0.2) is 36.4 Å². The predicted octanol–water partition coefficient (Wildman–Crippen LogP) is 3.84. The Hall–Kier alpha value is -1.88. The average molecular weight is 253 g/mol. The molecule has 0 spiro atoms. The van der Waals surface area contributed by atoms with Gasteiger partial charge in [-0.2, -0.15) is 5.26 Å². The Morgan fingerprint density at radius 2 is 2.11 bits per heavy atom. The van der Waals surface area contributed by atoms with Crippen molar-refractivity contribution in [3.63, 3.8) is 0 Å². The fraction of sp³-hybridized carbons (Fsp3) is 0.412. The van der Waals surface area contributed by atoms with Crippen molar-refractivity contribution >= 4 is 11.9 Å². The van der Waals surface area contributed by atoms with Crippen molar-refractivity contribution in [2.45, 2.75) is 26.7 Å². The van der Waals surface area contributed by atoms with Gasteiger partial charge in [0.2, 0.25) is 0 Å². The second-order valence-corrected chi connectivity index (χ2v) is 5.82. The zero-order valence-electron chi connectivity index (χ0n) is 11.5. The molecule has 1 aromatic carbocycles. The minimum atomic E-state index is -0.0478. The van der Waals surface area contributed by atoms with Crippen molar-refractivity contribution in [2.24, 2.45) is 17.3 Å². The molecule has 1 aliphatic carbocycles. The van der Waals surface area contributed by atoms with Gasteiger partial charge in [0.1, 0.15) is 0 Å². The molecule has 2 heteroatoms. The number of nitrogens with zero attached hydrogens (tertiary/aromatic N) is 1. The second kappa shape index (κ2) is 5.40. The van der Waals surface area contributed by atoms with E-state index >= 15 is 0 Å². The van der Waals surface area contributed by atoms with Crippen molar-refractivity contribution in [3.05, 3.63) is 42.0 Å². The molecular weight excluding hydrogens is 234 g/mol. The highest BCUT2D eigenvalue weighted by Gasteiger charge is 2.50. The highest BCUT2D eigenvalue weighted by Crippen LogP contribution is 2.53. The average Bonchev–Trinajstić information content (AvgIpc) is 2.41. The van der Waals surface area contributed by atoms with Gasteiger partial charge in [0, 0.05) is 12.3 Å². The number of hydrogen-bond donors (Lipinski definition) is 0. The van der Waals surface area contributed by atoms with Gasteiger partial charge in [0.15, 0.2) is 5.78 Å². The Bertz CT molecular complexity index is 522. The Morgan fingerprint density at radius 3 is 2.68 bits per heavy atom. The zero-order chi connectivity index (χ0) is 13.9. The highest BCUT2D eigenvalue weighted by atomic mass is 16.1. The lowest BCUT2D eigenvalue weighted by atomic mass is 9.52. The molecule has 2 rings (SSSR count). The molecule has 2 atom stereocenters. The third-order valence-electron chi connectivity index (χ3n) is 4.39. The molecule has 0 bridgehead atoms. The molecule has 19 heavy (non-hydrogen) atoms. The van der Waals surface area contributed by atoms with Crippen LogP contribution < -0.4 is 0 Å². The minimum absolute atomic E-state index is 0.0478. The number of ketones is 1. The zero-order valence-corrected chi connectivity index (χ0v) is 11.5. The van der Waals surface area contributed by atoms with E-state index in [0.717, 1.165) is 12.0 Å². The molecule has 1 fully saturated rings. The smallest absolute Gasteiger partial charge is 0.159 e. The van der Waals surface area contributed by atoms with E-state index in [2.05, 4.69) is 19.9 Å². The van der Waals surface area contributed by atoms with Gasteiger partial charge in [-0.3, -0.25) is 4.79 Å². The van der Waals surface area contributed by atoms with Crippen molar-refractivity contribution in [2.75, 3.05) is 0 Å². The fourth-order valence-corrected chi connectivity index (χ4v) is 2.81. The van der Waals surface area contributed by atoms with Crippen LogP contribution in [-0.4, -0.2) is 5.78 Å². The summed E-state index contributed by atoms with van der Waals surface area (Å²) in [5.74, 6) is 0.602. The van der Waals surface area contributed by atoms with Crippen LogP contribution in [0.1, 0.15) is 32.3 Å². The van der Waals surface area contributed by atoms with E-state index in [9.17, 15) is 4.79 Å². The van der Waals surface area contributed by atoms with E-state index in [1.54, 1.807) is 6.08 Å². The number of carbonyl (C=O) groups excluding carboxylic acids is 1. The topological polar surface area (TPSA) is 40.9 Å². The Morgan fingerprint density at radius 1 is 1.42 bits per heavy atom. The summed E-state index contributed by atoms with van der Waals surface area (Å²) < 4.78 is 0. The van der Waals surface area contributed by atoms with E-state index in [1.807, 2.05) is 36.4 Å². The summed E-state index contributed by atoms with van der Waals surface area (Å²) in [5, 5.41) is 8.76. The normalized spacial score (nSPS) is 24.7. The maximum absolute atomic E-state index is 12.2.